The molecule has 106 valence electrons. The molecule has 1 aromatic carbocycles. The van der Waals surface area contributed by atoms with E-state index >= 15 is 0 Å². The van der Waals surface area contributed by atoms with E-state index in [1.165, 1.54) is 11.1 Å². The van der Waals surface area contributed by atoms with Crippen LogP contribution in [0.2, 0.25) is 0 Å². The number of fused-ring (bicyclic) bond motifs is 1. The van der Waals surface area contributed by atoms with Gasteiger partial charge < -0.3 is 10.0 Å². The van der Waals surface area contributed by atoms with Crippen molar-refractivity contribution in [1.29, 1.82) is 0 Å². The van der Waals surface area contributed by atoms with Crippen LogP contribution in [0.15, 0.2) is 18.2 Å². The average Bonchev–Trinajstić information content (AvgIpc) is 3.05. The van der Waals surface area contributed by atoms with Crippen molar-refractivity contribution >= 4 is 11.9 Å². The van der Waals surface area contributed by atoms with Gasteiger partial charge in [0, 0.05) is 18.2 Å². The smallest absolute Gasteiger partial charge is 0.305 e. The van der Waals surface area contributed by atoms with E-state index in [-0.39, 0.29) is 18.4 Å². The lowest BCUT2D eigenvalue weighted by atomic mass is 10.0. The molecule has 0 bridgehead atoms. The number of aliphatic carboxylic acids is 1. The molecular formula is C16H19NO3. The highest BCUT2D eigenvalue weighted by Crippen LogP contribution is 2.29. The minimum absolute atomic E-state index is 0.0208. The van der Waals surface area contributed by atoms with Crippen molar-refractivity contribution in [2.75, 3.05) is 6.54 Å². The van der Waals surface area contributed by atoms with E-state index in [0.717, 1.165) is 37.7 Å². The van der Waals surface area contributed by atoms with Gasteiger partial charge >= 0.3 is 5.97 Å². The molecule has 20 heavy (non-hydrogen) atoms. The van der Waals surface area contributed by atoms with Crippen molar-refractivity contribution in [2.45, 2.75) is 44.6 Å². The van der Waals surface area contributed by atoms with Crippen molar-refractivity contribution in [3.8, 4) is 0 Å². The molecule has 1 aliphatic heterocycles. The third-order valence-electron chi connectivity index (χ3n) is 4.42. The fraction of sp³-hybridized carbons (Fsp3) is 0.500. The monoisotopic (exact) mass is 273 g/mol. The number of carbonyl (C=O) groups is 2. The lowest BCUT2D eigenvalue weighted by molar-refractivity contribution is -0.137. The van der Waals surface area contributed by atoms with E-state index in [1.54, 1.807) is 4.90 Å². The maximum Gasteiger partial charge on any atom is 0.305 e. The standard InChI is InChI=1S/C16H19NO3/c18-15(19)10-12-6-3-9-17(12)16(20)14-8-2-5-11-4-1-7-13(11)14/h2,5,8,12H,1,3-4,6-7,9-10H2,(H,18,19). The summed E-state index contributed by atoms with van der Waals surface area (Å²) in [5, 5.41) is 8.96. The number of amides is 1. The topological polar surface area (TPSA) is 57.6 Å². The molecule has 0 saturated carbocycles. The van der Waals surface area contributed by atoms with Crippen LogP contribution in [0.5, 0.6) is 0 Å². The second kappa shape index (κ2) is 5.27. The third-order valence-corrected chi connectivity index (χ3v) is 4.42. The number of carboxylic acids is 1. The van der Waals surface area contributed by atoms with Crippen LogP contribution < -0.4 is 0 Å². The van der Waals surface area contributed by atoms with Crippen LogP contribution in [0.4, 0.5) is 0 Å². The summed E-state index contributed by atoms with van der Waals surface area (Å²) in [5.41, 5.74) is 3.25. The van der Waals surface area contributed by atoms with Crippen LogP contribution in [0.1, 0.15) is 47.2 Å². The van der Waals surface area contributed by atoms with Crippen LogP contribution in [-0.4, -0.2) is 34.5 Å². The molecule has 1 aliphatic carbocycles. The molecule has 1 N–H and O–H groups in total. The van der Waals surface area contributed by atoms with Crippen LogP contribution in [-0.2, 0) is 17.6 Å². The van der Waals surface area contributed by atoms with Crippen molar-refractivity contribution < 1.29 is 14.7 Å². The summed E-state index contributed by atoms with van der Waals surface area (Å²) < 4.78 is 0. The van der Waals surface area contributed by atoms with E-state index in [4.69, 9.17) is 5.11 Å². The normalized spacial score (nSPS) is 21.0. The molecule has 1 saturated heterocycles. The molecule has 1 fully saturated rings. The Kier molecular flexibility index (Phi) is 3.47. The summed E-state index contributed by atoms with van der Waals surface area (Å²) in [4.78, 5) is 25.4. The first-order valence-electron chi connectivity index (χ1n) is 7.30. The first-order valence-corrected chi connectivity index (χ1v) is 7.30. The number of carboxylic acid groups (broad SMARTS) is 1. The van der Waals surface area contributed by atoms with Crippen molar-refractivity contribution in [1.82, 2.24) is 4.90 Å². The predicted molar refractivity (Wildman–Crippen MR) is 74.8 cm³/mol. The summed E-state index contributed by atoms with van der Waals surface area (Å²) in [5.74, 6) is -0.805. The summed E-state index contributed by atoms with van der Waals surface area (Å²) in [6.07, 6.45) is 4.88. The van der Waals surface area contributed by atoms with E-state index in [1.807, 2.05) is 12.1 Å². The number of carbonyl (C=O) groups excluding carboxylic acids is 1. The maximum absolute atomic E-state index is 12.7. The largest absolute Gasteiger partial charge is 0.481 e. The number of aryl methyl sites for hydroxylation is 1. The van der Waals surface area contributed by atoms with E-state index in [9.17, 15) is 9.59 Å². The lowest BCUT2D eigenvalue weighted by Gasteiger charge is -2.24. The Hall–Kier alpha value is -1.84. The van der Waals surface area contributed by atoms with Gasteiger partial charge in [-0.15, -0.1) is 0 Å². The minimum Gasteiger partial charge on any atom is -0.481 e. The van der Waals surface area contributed by atoms with Crippen LogP contribution in [0, 0.1) is 0 Å². The minimum atomic E-state index is -0.826. The Morgan fingerprint density at radius 2 is 2.10 bits per heavy atom. The fourth-order valence-corrected chi connectivity index (χ4v) is 3.49. The molecule has 1 heterocycles. The predicted octanol–water partition coefficient (Wildman–Crippen LogP) is 2.25. The highest BCUT2D eigenvalue weighted by Gasteiger charge is 2.32. The van der Waals surface area contributed by atoms with E-state index in [2.05, 4.69) is 6.07 Å². The Bertz CT molecular complexity index is 553. The molecule has 4 heteroatoms. The number of hydrogen-bond acceptors (Lipinski definition) is 2. The van der Waals surface area contributed by atoms with Gasteiger partial charge in [0.2, 0.25) is 0 Å². The van der Waals surface area contributed by atoms with Crippen molar-refractivity contribution in [3.05, 3.63) is 34.9 Å². The Labute approximate surface area is 118 Å². The first-order chi connectivity index (χ1) is 9.66. The molecule has 2 aliphatic rings. The van der Waals surface area contributed by atoms with Gasteiger partial charge in [-0.05, 0) is 49.3 Å². The molecule has 0 aromatic heterocycles. The zero-order valence-electron chi connectivity index (χ0n) is 11.5. The van der Waals surface area contributed by atoms with Gasteiger partial charge in [-0.2, -0.15) is 0 Å². The summed E-state index contributed by atoms with van der Waals surface area (Å²) in [7, 11) is 0. The first kappa shape index (κ1) is 13.2. The summed E-state index contributed by atoms with van der Waals surface area (Å²) >= 11 is 0. The lowest BCUT2D eigenvalue weighted by Crippen LogP contribution is -2.37. The molecule has 1 atom stereocenters. The molecule has 1 aromatic rings. The van der Waals surface area contributed by atoms with Gasteiger partial charge in [-0.25, -0.2) is 0 Å². The van der Waals surface area contributed by atoms with Gasteiger partial charge in [0.15, 0.2) is 0 Å². The Balaban J connectivity index is 1.85. The van der Waals surface area contributed by atoms with Crippen LogP contribution in [0.25, 0.3) is 0 Å². The fourth-order valence-electron chi connectivity index (χ4n) is 3.49. The zero-order chi connectivity index (χ0) is 14.1. The summed E-state index contributed by atoms with van der Waals surface area (Å²) in [6, 6.07) is 5.79. The highest BCUT2D eigenvalue weighted by atomic mass is 16.4. The molecular weight excluding hydrogens is 254 g/mol. The number of likely N-dealkylation sites (tertiary alicyclic amines) is 1. The second-order valence-corrected chi connectivity index (χ2v) is 5.69. The van der Waals surface area contributed by atoms with E-state index in [0.29, 0.717) is 6.54 Å². The van der Waals surface area contributed by atoms with Gasteiger partial charge in [0.05, 0.1) is 6.42 Å². The number of rotatable bonds is 3. The average molecular weight is 273 g/mol. The second-order valence-electron chi connectivity index (χ2n) is 5.69. The molecule has 1 unspecified atom stereocenters. The van der Waals surface area contributed by atoms with Crippen LogP contribution >= 0.6 is 0 Å². The molecule has 0 spiro atoms. The Morgan fingerprint density at radius 3 is 2.90 bits per heavy atom. The van der Waals surface area contributed by atoms with Crippen LogP contribution in [0.3, 0.4) is 0 Å². The molecule has 4 nitrogen and oxygen atoms in total. The Morgan fingerprint density at radius 1 is 1.25 bits per heavy atom. The van der Waals surface area contributed by atoms with E-state index < -0.39 is 5.97 Å². The molecule has 3 rings (SSSR count). The van der Waals surface area contributed by atoms with Crippen molar-refractivity contribution in [2.24, 2.45) is 0 Å². The zero-order valence-corrected chi connectivity index (χ0v) is 11.5. The van der Waals surface area contributed by atoms with Gasteiger partial charge in [0.25, 0.3) is 5.91 Å². The molecule has 0 radical (unpaired) electrons. The van der Waals surface area contributed by atoms with Gasteiger partial charge in [0.1, 0.15) is 0 Å². The SMILES string of the molecule is O=C(O)CC1CCCN1C(=O)c1cccc2c1CCC2. The summed E-state index contributed by atoms with van der Waals surface area (Å²) in [6.45, 7) is 0.681. The number of hydrogen-bond donors (Lipinski definition) is 1. The van der Waals surface area contributed by atoms with Gasteiger partial charge in [-0.1, -0.05) is 12.1 Å². The van der Waals surface area contributed by atoms with Crippen molar-refractivity contribution in [3.63, 3.8) is 0 Å². The third kappa shape index (κ3) is 2.30. The van der Waals surface area contributed by atoms with Gasteiger partial charge in [-0.3, -0.25) is 9.59 Å². The number of nitrogens with zero attached hydrogens (tertiary/aromatic N) is 1. The highest BCUT2D eigenvalue weighted by molar-refractivity contribution is 5.96. The molecule has 1 amide bonds. The number of benzene rings is 1. The maximum atomic E-state index is 12.7. The quantitative estimate of drug-likeness (QED) is 0.919.